The first kappa shape index (κ1) is 25.9. The largest absolute Gasteiger partial charge is 0.480 e. The van der Waals surface area contributed by atoms with Gasteiger partial charge in [-0.15, -0.1) is 10.2 Å². The molecule has 4 fully saturated rings. The Bertz CT molecular complexity index is 1200. The second kappa shape index (κ2) is 9.38. The fraction of sp³-hybridized carbons (Fsp3) is 0.654. The van der Waals surface area contributed by atoms with Gasteiger partial charge in [-0.2, -0.15) is 8.78 Å². The van der Waals surface area contributed by atoms with Gasteiger partial charge in [0.1, 0.15) is 5.75 Å². The zero-order valence-electron chi connectivity index (χ0n) is 20.6. The lowest BCUT2D eigenvalue weighted by Crippen LogP contribution is -2.60. The number of carbonyl (C=O) groups excluding carboxylic acids is 1. The monoisotopic (exact) mass is 555 g/mol. The fourth-order valence-electron chi connectivity index (χ4n) is 6.37. The molecule has 4 aliphatic carbocycles. The average molecular weight is 556 g/mol. The Morgan fingerprint density at radius 3 is 2.55 bits per heavy atom. The summed E-state index contributed by atoms with van der Waals surface area (Å²) in [5, 5.41) is 22.8. The van der Waals surface area contributed by atoms with Gasteiger partial charge in [-0.05, 0) is 69.6 Å². The quantitative estimate of drug-likeness (QED) is 0.501. The van der Waals surface area contributed by atoms with E-state index in [-0.39, 0.29) is 42.0 Å². The summed E-state index contributed by atoms with van der Waals surface area (Å²) in [6, 6.07) is 4.99. The minimum absolute atomic E-state index is 0.155. The van der Waals surface area contributed by atoms with E-state index in [2.05, 4.69) is 20.3 Å². The molecule has 2 N–H and O–H groups in total. The number of nitrogens with zero attached hydrogens (tertiary/aromatic N) is 2. The predicted molar refractivity (Wildman–Crippen MR) is 128 cm³/mol. The Hall–Kier alpha value is -2.37. The van der Waals surface area contributed by atoms with E-state index in [4.69, 9.17) is 20.8 Å². The summed E-state index contributed by atoms with van der Waals surface area (Å²) >= 11 is 6.02. The average Bonchev–Trinajstić information content (AvgIpc) is 3.38. The van der Waals surface area contributed by atoms with Crippen molar-refractivity contribution in [3.8, 4) is 5.75 Å². The van der Waals surface area contributed by atoms with Gasteiger partial charge in [0.2, 0.25) is 11.8 Å². The molecule has 8 nitrogen and oxygen atoms in total. The third-order valence-corrected chi connectivity index (χ3v) is 9.03. The molecule has 206 valence electrons. The van der Waals surface area contributed by atoms with E-state index < -0.39 is 31.1 Å². The molecule has 12 heteroatoms. The van der Waals surface area contributed by atoms with Crippen LogP contribution in [0.1, 0.15) is 87.2 Å². The summed E-state index contributed by atoms with van der Waals surface area (Å²) in [5.41, 5.74) is -0.0356. The second-order valence-electron chi connectivity index (χ2n) is 11.2. The van der Waals surface area contributed by atoms with Crippen LogP contribution in [0.2, 0.25) is 5.02 Å². The number of hydrogen-bond acceptors (Lipinski definition) is 7. The third kappa shape index (κ3) is 4.66. The lowest BCUT2D eigenvalue weighted by Gasteiger charge is -2.52. The molecule has 2 bridgehead atoms. The molecular weight excluding hydrogens is 527 g/mol. The summed E-state index contributed by atoms with van der Waals surface area (Å²) in [6.07, 6.45) is -0.847. The predicted octanol–water partition coefficient (Wildman–Crippen LogP) is 4.89. The van der Waals surface area contributed by atoms with Gasteiger partial charge in [-0.25, -0.2) is 4.39 Å². The molecule has 4 saturated carbocycles. The minimum atomic E-state index is -3.76. The molecule has 7 rings (SSSR count). The van der Waals surface area contributed by atoms with Crippen LogP contribution in [0.4, 0.5) is 13.2 Å². The summed E-state index contributed by atoms with van der Waals surface area (Å²) in [5.74, 6) is 1.01. The summed E-state index contributed by atoms with van der Waals surface area (Å²) in [4.78, 5) is 13.2. The number of aromatic nitrogens is 2. The van der Waals surface area contributed by atoms with Crippen molar-refractivity contribution in [3.05, 3.63) is 40.6 Å². The molecule has 1 aromatic heterocycles. The Kier molecular flexibility index (Phi) is 6.39. The third-order valence-electron chi connectivity index (χ3n) is 8.80. The van der Waals surface area contributed by atoms with Gasteiger partial charge in [0.05, 0.1) is 12.2 Å². The number of benzene rings is 1. The Balaban J connectivity index is 1.05. The SMILES string of the molecule is O=C(NC12CCC(c3nnc(C4CC(OC(F)(F)CF)C4)o3)(CC1)CC2)[C@H]1C[C@@H](O)c2cc(Cl)ccc2O1. The number of carbonyl (C=O) groups is 1. The van der Waals surface area contributed by atoms with Gasteiger partial charge in [0.15, 0.2) is 12.8 Å². The molecule has 1 amide bonds. The number of amides is 1. The maximum atomic E-state index is 13.2. The normalized spacial score (nSPS) is 34.2. The number of hydrogen-bond donors (Lipinski definition) is 2. The van der Waals surface area contributed by atoms with Crippen molar-refractivity contribution in [2.75, 3.05) is 6.67 Å². The van der Waals surface area contributed by atoms with Gasteiger partial charge in [-0.3, -0.25) is 4.79 Å². The number of aliphatic hydroxyl groups is 1. The van der Waals surface area contributed by atoms with Gasteiger partial charge in [0.25, 0.3) is 5.91 Å². The number of nitrogens with one attached hydrogen (secondary N) is 1. The van der Waals surface area contributed by atoms with Crippen LogP contribution in [-0.2, 0) is 14.9 Å². The van der Waals surface area contributed by atoms with Crippen LogP contribution in [0.5, 0.6) is 5.75 Å². The number of ether oxygens (including phenoxy) is 2. The second-order valence-corrected chi connectivity index (χ2v) is 11.7. The Morgan fingerprint density at radius 2 is 1.87 bits per heavy atom. The highest BCUT2D eigenvalue weighted by Crippen LogP contribution is 2.54. The van der Waals surface area contributed by atoms with E-state index >= 15 is 0 Å². The highest BCUT2D eigenvalue weighted by atomic mass is 35.5. The van der Waals surface area contributed by atoms with Crippen LogP contribution in [-0.4, -0.2) is 51.7 Å². The van der Waals surface area contributed by atoms with E-state index in [9.17, 15) is 23.1 Å². The van der Waals surface area contributed by atoms with E-state index in [1.165, 1.54) is 0 Å². The number of fused-ring (bicyclic) bond motifs is 4. The van der Waals surface area contributed by atoms with Crippen LogP contribution in [0.15, 0.2) is 22.6 Å². The van der Waals surface area contributed by atoms with Gasteiger partial charge in [0, 0.05) is 33.9 Å². The number of rotatable bonds is 7. The molecule has 0 unspecified atom stereocenters. The van der Waals surface area contributed by atoms with Crippen LogP contribution >= 0.6 is 11.6 Å². The molecule has 2 atom stereocenters. The fourth-order valence-corrected chi connectivity index (χ4v) is 6.55. The van der Waals surface area contributed by atoms with Gasteiger partial charge >= 0.3 is 6.11 Å². The van der Waals surface area contributed by atoms with Crippen molar-refractivity contribution in [3.63, 3.8) is 0 Å². The molecule has 0 radical (unpaired) electrons. The number of aliphatic hydroxyl groups excluding tert-OH is 1. The summed E-state index contributed by atoms with van der Waals surface area (Å²) in [7, 11) is 0. The van der Waals surface area contributed by atoms with Crippen LogP contribution in [0.3, 0.4) is 0 Å². The first-order valence-electron chi connectivity index (χ1n) is 13.0. The Labute approximate surface area is 222 Å². The molecule has 0 saturated heterocycles. The topological polar surface area (TPSA) is 107 Å². The maximum absolute atomic E-state index is 13.2. The molecule has 1 aliphatic heterocycles. The summed E-state index contributed by atoms with van der Waals surface area (Å²) in [6.45, 7) is -1.84. The van der Waals surface area contributed by atoms with Gasteiger partial charge < -0.3 is 24.3 Å². The zero-order valence-corrected chi connectivity index (χ0v) is 21.4. The van der Waals surface area contributed by atoms with Crippen LogP contribution in [0, 0.1) is 0 Å². The van der Waals surface area contributed by atoms with E-state index in [0.717, 1.165) is 38.5 Å². The number of halogens is 4. The zero-order chi connectivity index (χ0) is 26.7. The molecule has 0 spiro atoms. The van der Waals surface area contributed by atoms with Crippen LogP contribution in [0.25, 0.3) is 0 Å². The highest BCUT2D eigenvalue weighted by Gasteiger charge is 2.53. The molecule has 2 aromatic rings. The first-order chi connectivity index (χ1) is 18.1. The number of alkyl halides is 3. The molecular formula is C26H29ClF3N3O5. The van der Waals surface area contributed by atoms with E-state index in [0.29, 0.717) is 28.1 Å². The molecule has 5 aliphatic rings. The summed E-state index contributed by atoms with van der Waals surface area (Å²) < 4.78 is 55.0. The van der Waals surface area contributed by atoms with Crippen molar-refractivity contribution in [1.29, 1.82) is 0 Å². The van der Waals surface area contributed by atoms with Crippen molar-refractivity contribution in [2.45, 2.75) is 99.1 Å². The lowest BCUT2D eigenvalue weighted by atomic mass is 9.57. The maximum Gasteiger partial charge on any atom is 0.384 e. The van der Waals surface area contributed by atoms with Crippen molar-refractivity contribution >= 4 is 17.5 Å². The minimum Gasteiger partial charge on any atom is -0.480 e. The van der Waals surface area contributed by atoms with Crippen molar-refractivity contribution in [2.24, 2.45) is 0 Å². The van der Waals surface area contributed by atoms with E-state index in [1.54, 1.807) is 18.2 Å². The highest BCUT2D eigenvalue weighted by molar-refractivity contribution is 6.30. The molecule has 1 aromatic carbocycles. The smallest absolute Gasteiger partial charge is 0.384 e. The first-order valence-corrected chi connectivity index (χ1v) is 13.4. The molecule has 38 heavy (non-hydrogen) atoms. The van der Waals surface area contributed by atoms with E-state index in [1.807, 2.05) is 0 Å². The molecule has 2 heterocycles. The van der Waals surface area contributed by atoms with Gasteiger partial charge in [-0.1, -0.05) is 11.6 Å². The Morgan fingerprint density at radius 1 is 1.16 bits per heavy atom. The van der Waals surface area contributed by atoms with Crippen LogP contribution < -0.4 is 10.1 Å². The van der Waals surface area contributed by atoms with Crippen molar-refractivity contribution in [1.82, 2.24) is 15.5 Å². The lowest BCUT2D eigenvalue weighted by molar-refractivity contribution is -0.282. The standard InChI is InChI=1S/C26H29ClF3N3O5/c27-15-1-2-19-17(11-15)18(34)12-20(36-19)21(35)31-25-6-3-24(4-7-25,5-8-25)23-33-32-22(37-23)14-9-16(10-14)38-26(29,30)13-28/h1-2,11,14,16,18,20,34H,3-10,12-13H2,(H,31,35)/t14?,16?,18-,20-,24?,25?/m1/s1. The van der Waals surface area contributed by atoms with Crippen molar-refractivity contribution < 1.29 is 37.0 Å².